The first kappa shape index (κ1) is 19.2. The van der Waals surface area contributed by atoms with E-state index in [-0.39, 0.29) is 5.69 Å². The van der Waals surface area contributed by atoms with Gasteiger partial charge in [-0.1, -0.05) is 19.8 Å². The fourth-order valence-corrected chi connectivity index (χ4v) is 4.58. The van der Waals surface area contributed by atoms with Gasteiger partial charge in [0.15, 0.2) is 5.65 Å². The summed E-state index contributed by atoms with van der Waals surface area (Å²) in [5.41, 5.74) is 4.79. The number of rotatable bonds is 4. The second-order valence-electron chi connectivity index (χ2n) is 8.73. The number of aryl methyl sites for hydroxylation is 1. The molecule has 0 amide bonds. The number of fused-ring (bicyclic) bond motifs is 1. The van der Waals surface area contributed by atoms with Gasteiger partial charge < -0.3 is 4.98 Å². The predicted octanol–water partition coefficient (Wildman–Crippen LogP) is 3.64. The molecule has 0 spiro atoms. The molecule has 1 saturated carbocycles. The number of hydrogen-bond donors (Lipinski definition) is 1. The lowest BCUT2D eigenvalue weighted by Crippen LogP contribution is -2.19. The summed E-state index contributed by atoms with van der Waals surface area (Å²) in [6, 6.07) is 7.57. The number of H-pyrrole nitrogens is 1. The van der Waals surface area contributed by atoms with Crippen molar-refractivity contribution in [1.82, 2.24) is 29.3 Å². The summed E-state index contributed by atoms with van der Waals surface area (Å²) >= 11 is 0. The van der Waals surface area contributed by atoms with Crippen LogP contribution in [0.5, 0.6) is 0 Å². The number of nitriles is 1. The zero-order valence-corrected chi connectivity index (χ0v) is 17.6. The third-order valence-electron chi connectivity index (χ3n) is 6.31. The van der Waals surface area contributed by atoms with Crippen LogP contribution in [-0.4, -0.2) is 29.3 Å². The lowest BCUT2D eigenvalue weighted by Gasteiger charge is -2.22. The van der Waals surface area contributed by atoms with Gasteiger partial charge in [0.25, 0.3) is 0 Å². The Balaban J connectivity index is 1.58. The van der Waals surface area contributed by atoms with Crippen molar-refractivity contribution in [3.63, 3.8) is 0 Å². The quantitative estimate of drug-likeness (QED) is 0.550. The van der Waals surface area contributed by atoms with E-state index in [0.29, 0.717) is 28.0 Å². The van der Waals surface area contributed by atoms with Gasteiger partial charge in [-0.05, 0) is 36.5 Å². The van der Waals surface area contributed by atoms with Crippen molar-refractivity contribution < 1.29 is 0 Å². The molecule has 0 unspecified atom stereocenters. The molecule has 0 bridgehead atoms. The highest BCUT2D eigenvalue weighted by Gasteiger charge is 2.29. The average molecular weight is 413 g/mol. The molecule has 5 rings (SSSR count). The van der Waals surface area contributed by atoms with Crippen molar-refractivity contribution in [3.05, 3.63) is 53.0 Å². The minimum absolute atomic E-state index is 0.222. The van der Waals surface area contributed by atoms with Crippen molar-refractivity contribution in [3.8, 4) is 28.5 Å². The van der Waals surface area contributed by atoms with Crippen LogP contribution in [0.15, 0.2) is 41.6 Å². The third-order valence-corrected chi connectivity index (χ3v) is 6.31. The third kappa shape index (κ3) is 3.42. The molecular weight excluding hydrogens is 390 g/mol. The Morgan fingerprint density at radius 1 is 1.23 bits per heavy atom. The first-order valence-corrected chi connectivity index (χ1v) is 10.4. The Hall–Kier alpha value is -3.73. The van der Waals surface area contributed by atoms with Crippen LogP contribution >= 0.6 is 0 Å². The van der Waals surface area contributed by atoms with Gasteiger partial charge in [-0.15, -0.1) is 0 Å². The van der Waals surface area contributed by atoms with Gasteiger partial charge in [-0.25, -0.2) is 14.8 Å². The Morgan fingerprint density at radius 3 is 2.81 bits per heavy atom. The first-order chi connectivity index (χ1) is 15.0. The van der Waals surface area contributed by atoms with E-state index in [1.54, 1.807) is 19.3 Å². The Bertz CT molecular complexity index is 1380. The summed E-state index contributed by atoms with van der Waals surface area (Å²) in [6.07, 6.45) is 10.6. The number of imidazole rings is 1. The molecule has 4 aromatic heterocycles. The van der Waals surface area contributed by atoms with E-state index < -0.39 is 0 Å². The molecule has 1 fully saturated rings. The summed E-state index contributed by atoms with van der Waals surface area (Å²) in [5, 5.41) is 14.0. The summed E-state index contributed by atoms with van der Waals surface area (Å²) in [5.74, 6) is 0. The Kier molecular flexibility index (Phi) is 4.47. The topological polar surface area (TPSA) is 105 Å². The smallest absolute Gasteiger partial charge is 0.304 e. The SMILES string of the molecule is Cn1c(=O)[nH]c2cc(-c3nc(C#N)ccc3-c3cnn(CC4(C)CCCC4)c3)cnc21. The molecule has 0 aliphatic heterocycles. The molecule has 0 aromatic carbocycles. The maximum atomic E-state index is 11.9. The van der Waals surface area contributed by atoms with Crippen molar-refractivity contribution >= 4 is 11.2 Å². The van der Waals surface area contributed by atoms with Crippen LogP contribution in [0.1, 0.15) is 38.3 Å². The van der Waals surface area contributed by atoms with Gasteiger partial charge in [0, 0.05) is 42.7 Å². The molecule has 4 aromatic rings. The molecule has 0 atom stereocenters. The van der Waals surface area contributed by atoms with E-state index in [1.807, 2.05) is 29.2 Å². The zero-order chi connectivity index (χ0) is 21.6. The standard InChI is InChI=1S/C23H23N7O/c1-23(7-3-4-8-23)14-30-13-16(12-26-30)18-6-5-17(10-24)27-20(18)15-9-19-21(25-11-15)29(2)22(31)28-19/h5-6,9,11-13H,3-4,7-8,14H2,1-2H3,(H,28,31). The summed E-state index contributed by atoms with van der Waals surface area (Å²) < 4.78 is 3.48. The minimum Gasteiger partial charge on any atom is -0.304 e. The minimum atomic E-state index is -0.222. The molecular formula is C23H23N7O. The molecule has 1 aliphatic carbocycles. The normalized spacial score (nSPS) is 15.4. The molecule has 0 radical (unpaired) electrons. The van der Waals surface area contributed by atoms with Gasteiger partial charge in [0.1, 0.15) is 11.8 Å². The summed E-state index contributed by atoms with van der Waals surface area (Å²) in [6.45, 7) is 3.22. The van der Waals surface area contributed by atoms with Crippen LogP contribution in [0.4, 0.5) is 0 Å². The maximum Gasteiger partial charge on any atom is 0.327 e. The van der Waals surface area contributed by atoms with Crippen LogP contribution in [0.3, 0.4) is 0 Å². The molecule has 0 saturated heterocycles. The number of nitrogens with one attached hydrogen (secondary N) is 1. The molecule has 1 N–H and O–H groups in total. The van der Waals surface area contributed by atoms with Gasteiger partial charge in [0.2, 0.25) is 0 Å². The highest BCUT2D eigenvalue weighted by molar-refractivity contribution is 5.84. The van der Waals surface area contributed by atoms with Crippen LogP contribution < -0.4 is 5.69 Å². The van der Waals surface area contributed by atoms with Crippen LogP contribution in [0.25, 0.3) is 33.5 Å². The van der Waals surface area contributed by atoms with E-state index in [4.69, 9.17) is 0 Å². The average Bonchev–Trinajstić information content (AvgIpc) is 3.48. The van der Waals surface area contributed by atoms with E-state index in [0.717, 1.165) is 23.2 Å². The molecule has 8 heteroatoms. The largest absolute Gasteiger partial charge is 0.327 e. The van der Waals surface area contributed by atoms with Crippen LogP contribution in [0.2, 0.25) is 0 Å². The van der Waals surface area contributed by atoms with E-state index in [9.17, 15) is 10.1 Å². The van der Waals surface area contributed by atoms with Gasteiger partial charge >= 0.3 is 5.69 Å². The molecule has 4 heterocycles. The van der Waals surface area contributed by atoms with E-state index in [1.165, 1.54) is 30.3 Å². The van der Waals surface area contributed by atoms with Crippen molar-refractivity contribution in [2.24, 2.45) is 12.5 Å². The van der Waals surface area contributed by atoms with Gasteiger partial charge in [0.05, 0.1) is 17.4 Å². The summed E-state index contributed by atoms with van der Waals surface area (Å²) in [7, 11) is 1.67. The number of hydrogen-bond acceptors (Lipinski definition) is 5. The van der Waals surface area contributed by atoms with E-state index >= 15 is 0 Å². The number of aromatic nitrogens is 6. The van der Waals surface area contributed by atoms with Crippen LogP contribution in [-0.2, 0) is 13.6 Å². The number of aromatic amines is 1. The fraction of sp³-hybridized carbons (Fsp3) is 0.348. The van der Waals surface area contributed by atoms with Crippen molar-refractivity contribution in [2.45, 2.75) is 39.2 Å². The highest BCUT2D eigenvalue weighted by Crippen LogP contribution is 2.39. The lowest BCUT2D eigenvalue weighted by atomic mass is 9.89. The second-order valence-corrected chi connectivity index (χ2v) is 8.73. The zero-order valence-electron chi connectivity index (χ0n) is 17.6. The van der Waals surface area contributed by atoms with Crippen molar-refractivity contribution in [1.29, 1.82) is 5.26 Å². The Labute approximate surface area is 179 Å². The Morgan fingerprint density at radius 2 is 2.03 bits per heavy atom. The monoisotopic (exact) mass is 413 g/mol. The van der Waals surface area contributed by atoms with Gasteiger partial charge in [-0.3, -0.25) is 9.25 Å². The van der Waals surface area contributed by atoms with Crippen LogP contribution in [0, 0.1) is 16.7 Å². The molecule has 156 valence electrons. The predicted molar refractivity (Wildman–Crippen MR) is 117 cm³/mol. The van der Waals surface area contributed by atoms with Gasteiger partial charge in [-0.2, -0.15) is 10.4 Å². The highest BCUT2D eigenvalue weighted by atomic mass is 16.1. The fourth-order valence-electron chi connectivity index (χ4n) is 4.58. The van der Waals surface area contributed by atoms with Crippen molar-refractivity contribution in [2.75, 3.05) is 0 Å². The number of pyridine rings is 2. The lowest BCUT2D eigenvalue weighted by molar-refractivity contribution is 0.268. The molecule has 8 nitrogen and oxygen atoms in total. The van der Waals surface area contributed by atoms with E-state index in [2.05, 4.69) is 33.0 Å². The summed E-state index contributed by atoms with van der Waals surface area (Å²) in [4.78, 5) is 23.8. The number of nitrogens with zero attached hydrogens (tertiary/aromatic N) is 6. The molecule has 1 aliphatic rings. The maximum absolute atomic E-state index is 11.9. The molecule has 31 heavy (non-hydrogen) atoms. The first-order valence-electron chi connectivity index (χ1n) is 10.4. The second kappa shape index (κ2) is 7.20.